The van der Waals surface area contributed by atoms with E-state index in [0.717, 1.165) is 20.0 Å². The number of methoxy groups -OCH3 is 1. The average molecular weight is 306 g/mol. The van der Waals surface area contributed by atoms with Gasteiger partial charge in [0.15, 0.2) is 0 Å². The number of rotatable bonds is 2. The SMILES string of the molecule is CO.COC(=O)C1CCOCC1.O=C(O)C1CCOCC1. The Morgan fingerprint density at radius 3 is 1.57 bits per heavy atom. The molecule has 2 N–H and O–H groups in total. The lowest BCUT2D eigenvalue weighted by atomic mass is 10.0. The number of carbonyl (C=O) groups is 2. The number of aliphatic hydroxyl groups is 1. The van der Waals surface area contributed by atoms with E-state index in [9.17, 15) is 9.59 Å². The van der Waals surface area contributed by atoms with Crippen molar-refractivity contribution in [1.29, 1.82) is 0 Å². The molecule has 2 saturated heterocycles. The van der Waals surface area contributed by atoms with Gasteiger partial charge in [-0.2, -0.15) is 0 Å². The maximum atomic E-state index is 10.9. The Morgan fingerprint density at radius 1 is 0.905 bits per heavy atom. The highest BCUT2D eigenvalue weighted by Gasteiger charge is 2.21. The Hall–Kier alpha value is -1.18. The second-order valence-corrected chi connectivity index (χ2v) is 4.63. The lowest BCUT2D eigenvalue weighted by molar-refractivity contribution is -0.148. The van der Waals surface area contributed by atoms with Gasteiger partial charge in [-0.3, -0.25) is 9.59 Å². The topological polar surface area (TPSA) is 102 Å². The first-order chi connectivity index (χ1) is 10.1. The van der Waals surface area contributed by atoms with Crippen LogP contribution in [0.2, 0.25) is 0 Å². The van der Waals surface area contributed by atoms with Crippen molar-refractivity contribution in [2.24, 2.45) is 11.8 Å². The number of aliphatic carboxylic acids is 1. The largest absolute Gasteiger partial charge is 0.481 e. The van der Waals surface area contributed by atoms with Gasteiger partial charge in [0.2, 0.25) is 0 Å². The van der Waals surface area contributed by atoms with Crippen molar-refractivity contribution in [2.45, 2.75) is 25.7 Å². The fourth-order valence-electron chi connectivity index (χ4n) is 2.04. The summed E-state index contributed by atoms with van der Waals surface area (Å²) in [5.41, 5.74) is 0. The van der Waals surface area contributed by atoms with E-state index in [0.29, 0.717) is 39.3 Å². The summed E-state index contributed by atoms with van der Waals surface area (Å²) in [5.74, 6) is -0.848. The Labute approximate surface area is 125 Å². The molecule has 0 saturated carbocycles. The highest BCUT2D eigenvalue weighted by Crippen LogP contribution is 2.15. The van der Waals surface area contributed by atoms with E-state index in [1.54, 1.807) is 0 Å². The molecule has 0 radical (unpaired) electrons. The fourth-order valence-corrected chi connectivity index (χ4v) is 2.04. The standard InChI is InChI=1S/C7H12O3.C6H10O3.CH4O/c1-9-7(8)6-2-4-10-5-3-6;7-6(8)5-1-3-9-4-2-5;1-2/h6H,2-5H2,1H3;5H,1-4H2,(H,7,8);2H,1H3. The zero-order valence-corrected chi connectivity index (χ0v) is 12.7. The number of carbonyl (C=O) groups excluding carboxylic acids is 1. The first-order valence-corrected chi connectivity index (χ1v) is 7.06. The third-order valence-corrected chi connectivity index (χ3v) is 3.33. The number of hydrogen-bond acceptors (Lipinski definition) is 6. The zero-order valence-electron chi connectivity index (χ0n) is 12.7. The fraction of sp³-hybridized carbons (Fsp3) is 0.857. The van der Waals surface area contributed by atoms with Crippen LogP contribution < -0.4 is 0 Å². The summed E-state index contributed by atoms with van der Waals surface area (Å²) >= 11 is 0. The van der Waals surface area contributed by atoms with E-state index >= 15 is 0 Å². The van der Waals surface area contributed by atoms with Crippen LogP contribution in [0.15, 0.2) is 0 Å². The molecular weight excluding hydrogens is 280 g/mol. The summed E-state index contributed by atoms with van der Waals surface area (Å²) in [6.07, 6.45) is 2.98. The smallest absolute Gasteiger partial charge is 0.308 e. The molecule has 2 aliphatic rings. The minimum absolute atomic E-state index is 0.0822. The van der Waals surface area contributed by atoms with Crippen molar-refractivity contribution in [2.75, 3.05) is 40.6 Å². The van der Waals surface area contributed by atoms with Crippen LogP contribution >= 0.6 is 0 Å². The molecular formula is C14H26O7. The Balaban J connectivity index is 0.000000342. The van der Waals surface area contributed by atoms with Crippen LogP contribution in [0.25, 0.3) is 0 Å². The summed E-state index contributed by atoms with van der Waals surface area (Å²) in [5, 5.41) is 15.5. The summed E-state index contributed by atoms with van der Waals surface area (Å²) in [6, 6.07) is 0. The molecule has 0 aliphatic carbocycles. The molecule has 21 heavy (non-hydrogen) atoms. The molecule has 0 spiro atoms. The molecule has 0 aromatic rings. The highest BCUT2D eigenvalue weighted by atomic mass is 16.5. The molecule has 0 amide bonds. The van der Waals surface area contributed by atoms with Crippen LogP contribution in [0, 0.1) is 11.8 Å². The van der Waals surface area contributed by atoms with Crippen molar-refractivity contribution < 1.29 is 34.0 Å². The van der Waals surface area contributed by atoms with Crippen LogP contribution in [-0.2, 0) is 23.8 Å². The van der Waals surface area contributed by atoms with Gasteiger partial charge < -0.3 is 24.4 Å². The van der Waals surface area contributed by atoms with E-state index < -0.39 is 5.97 Å². The van der Waals surface area contributed by atoms with E-state index in [4.69, 9.17) is 19.7 Å². The molecule has 0 unspecified atom stereocenters. The Kier molecular flexibility index (Phi) is 11.8. The number of hydrogen-bond donors (Lipinski definition) is 2. The Morgan fingerprint density at radius 2 is 1.29 bits per heavy atom. The highest BCUT2D eigenvalue weighted by molar-refractivity contribution is 5.72. The van der Waals surface area contributed by atoms with Gasteiger partial charge >= 0.3 is 11.9 Å². The summed E-state index contributed by atoms with van der Waals surface area (Å²) in [6.45, 7) is 2.60. The quantitative estimate of drug-likeness (QED) is 0.724. The van der Waals surface area contributed by atoms with Gasteiger partial charge in [-0.25, -0.2) is 0 Å². The van der Waals surface area contributed by atoms with Gasteiger partial charge in [0.1, 0.15) is 0 Å². The molecule has 0 aromatic carbocycles. The second kappa shape index (κ2) is 12.6. The van der Waals surface area contributed by atoms with Gasteiger partial charge in [0.25, 0.3) is 0 Å². The van der Waals surface area contributed by atoms with Gasteiger partial charge in [-0.15, -0.1) is 0 Å². The minimum atomic E-state index is -0.682. The molecule has 2 rings (SSSR count). The molecule has 0 atom stereocenters. The van der Waals surface area contributed by atoms with Crippen LogP contribution in [0.3, 0.4) is 0 Å². The number of ether oxygens (including phenoxy) is 3. The molecule has 2 fully saturated rings. The molecule has 2 heterocycles. The predicted octanol–water partition coefficient (Wildman–Crippen LogP) is 0.692. The molecule has 0 bridgehead atoms. The van der Waals surface area contributed by atoms with Crippen molar-refractivity contribution in [3.63, 3.8) is 0 Å². The Bertz CT molecular complexity index is 281. The molecule has 2 aliphatic heterocycles. The number of carboxylic acids is 1. The summed E-state index contributed by atoms with van der Waals surface area (Å²) < 4.78 is 14.7. The van der Waals surface area contributed by atoms with Gasteiger partial charge in [0.05, 0.1) is 18.9 Å². The van der Waals surface area contributed by atoms with Crippen LogP contribution in [-0.4, -0.2) is 62.8 Å². The lowest BCUT2D eigenvalue weighted by Crippen LogP contribution is -2.24. The maximum Gasteiger partial charge on any atom is 0.308 e. The summed E-state index contributed by atoms with van der Waals surface area (Å²) in [7, 11) is 2.43. The summed E-state index contributed by atoms with van der Waals surface area (Å²) in [4.78, 5) is 21.2. The van der Waals surface area contributed by atoms with E-state index in [1.165, 1.54) is 7.11 Å². The predicted molar refractivity (Wildman–Crippen MR) is 74.9 cm³/mol. The van der Waals surface area contributed by atoms with Gasteiger partial charge in [0, 0.05) is 33.5 Å². The van der Waals surface area contributed by atoms with Crippen molar-refractivity contribution in [3.05, 3.63) is 0 Å². The first kappa shape index (κ1) is 19.8. The third-order valence-electron chi connectivity index (χ3n) is 3.33. The number of esters is 1. The van der Waals surface area contributed by atoms with Crippen LogP contribution in [0.1, 0.15) is 25.7 Å². The van der Waals surface area contributed by atoms with E-state index in [-0.39, 0.29) is 17.8 Å². The average Bonchev–Trinajstić information content (AvgIpc) is 2.58. The van der Waals surface area contributed by atoms with Crippen LogP contribution in [0.4, 0.5) is 0 Å². The van der Waals surface area contributed by atoms with Crippen LogP contribution in [0.5, 0.6) is 0 Å². The van der Waals surface area contributed by atoms with E-state index in [1.807, 2.05) is 0 Å². The third kappa shape index (κ3) is 8.64. The normalized spacial score (nSPS) is 19.4. The van der Waals surface area contributed by atoms with Crippen molar-refractivity contribution >= 4 is 11.9 Å². The molecule has 0 aromatic heterocycles. The molecule has 7 heteroatoms. The second-order valence-electron chi connectivity index (χ2n) is 4.63. The number of carboxylic acid groups (broad SMARTS) is 1. The zero-order chi connectivity index (χ0) is 16.1. The van der Waals surface area contributed by atoms with Crippen molar-refractivity contribution in [1.82, 2.24) is 0 Å². The monoisotopic (exact) mass is 306 g/mol. The molecule has 124 valence electrons. The lowest BCUT2D eigenvalue weighted by Gasteiger charge is -2.19. The van der Waals surface area contributed by atoms with Crippen molar-refractivity contribution in [3.8, 4) is 0 Å². The minimum Gasteiger partial charge on any atom is -0.481 e. The maximum absolute atomic E-state index is 10.9. The van der Waals surface area contributed by atoms with E-state index in [2.05, 4.69) is 4.74 Å². The molecule has 7 nitrogen and oxygen atoms in total. The first-order valence-electron chi connectivity index (χ1n) is 7.06. The van der Waals surface area contributed by atoms with Gasteiger partial charge in [-0.1, -0.05) is 0 Å². The number of aliphatic hydroxyl groups excluding tert-OH is 1. The van der Waals surface area contributed by atoms with Gasteiger partial charge in [-0.05, 0) is 25.7 Å².